The number of rotatable bonds is 5. The van der Waals surface area contributed by atoms with Crippen LogP contribution in [0, 0.1) is 11.8 Å². The number of imide groups is 1. The maximum Gasteiger partial charge on any atom is 0.233 e. The minimum absolute atomic E-state index is 0.0603. The predicted molar refractivity (Wildman–Crippen MR) is 119 cm³/mol. The maximum atomic E-state index is 13.1. The second-order valence-corrected chi connectivity index (χ2v) is 9.74. The zero-order chi connectivity index (χ0) is 22.9. The van der Waals surface area contributed by atoms with Gasteiger partial charge in [-0.25, -0.2) is 0 Å². The molecular formula is C25H33N3O4. The van der Waals surface area contributed by atoms with Gasteiger partial charge in [0.25, 0.3) is 0 Å². The van der Waals surface area contributed by atoms with Crippen LogP contribution in [0.15, 0.2) is 30.3 Å². The van der Waals surface area contributed by atoms with Crippen molar-refractivity contribution in [1.29, 1.82) is 0 Å². The quantitative estimate of drug-likeness (QED) is 0.659. The van der Waals surface area contributed by atoms with Crippen LogP contribution in [-0.2, 0) is 24.6 Å². The second-order valence-electron chi connectivity index (χ2n) is 9.74. The van der Waals surface area contributed by atoms with E-state index in [1.54, 1.807) is 4.90 Å². The lowest BCUT2D eigenvalue weighted by atomic mass is 9.81. The molecule has 0 aromatic heterocycles. The average Bonchev–Trinajstić information content (AvgIpc) is 3.07. The molecule has 172 valence electrons. The van der Waals surface area contributed by atoms with Crippen molar-refractivity contribution in [2.24, 2.45) is 11.8 Å². The number of nitrogens with zero attached hydrogens (tertiary/aromatic N) is 3. The summed E-state index contributed by atoms with van der Waals surface area (Å²) in [5.41, 5.74) is 0.352. The SMILES string of the molecule is CC(C)(C(=O)N1CCN(C(=O)CCN2C(=O)C3CCCCC3C2=O)CC1)c1ccccc1. The van der Waals surface area contributed by atoms with Gasteiger partial charge in [0.1, 0.15) is 0 Å². The van der Waals surface area contributed by atoms with Crippen LogP contribution in [0.25, 0.3) is 0 Å². The van der Waals surface area contributed by atoms with Gasteiger partial charge >= 0.3 is 0 Å². The van der Waals surface area contributed by atoms with Crippen LogP contribution in [-0.4, -0.2) is 71.1 Å². The molecule has 2 atom stereocenters. The molecule has 7 nitrogen and oxygen atoms in total. The molecule has 3 aliphatic rings. The Labute approximate surface area is 189 Å². The standard InChI is InChI=1S/C25H33N3O4/c1-25(2,18-8-4-3-5-9-18)24(32)27-16-14-26(15-17-27)21(29)12-13-28-22(30)19-10-6-7-11-20(19)23(28)31/h3-5,8-9,19-20H,6-7,10-17H2,1-2H3. The fraction of sp³-hybridized carbons (Fsp3) is 0.600. The van der Waals surface area contributed by atoms with Crippen LogP contribution in [0.4, 0.5) is 0 Å². The fourth-order valence-electron chi connectivity index (χ4n) is 5.35. The Kier molecular flexibility index (Phi) is 6.35. The number of amides is 4. The van der Waals surface area contributed by atoms with Gasteiger partial charge in [-0.05, 0) is 32.3 Å². The number of hydrogen-bond acceptors (Lipinski definition) is 4. The monoisotopic (exact) mass is 439 g/mol. The molecule has 0 radical (unpaired) electrons. The van der Waals surface area contributed by atoms with Gasteiger partial charge in [-0.2, -0.15) is 0 Å². The van der Waals surface area contributed by atoms with Gasteiger partial charge < -0.3 is 9.80 Å². The average molecular weight is 440 g/mol. The smallest absolute Gasteiger partial charge is 0.233 e. The molecular weight excluding hydrogens is 406 g/mol. The van der Waals surface area contributed by atoms with Crippen LogP contribution in [0.3, 0.4) is 0 Å². The molecule has 0 bridgehead atoms. The molecule has 1 aliphatic carbocycles. The summed E-state index contributed by atoms with van der Waals surface area (Å²) in [4.78, 5) is 56.0. The molecule has 1 aromatic rings. The number of piperazine rings is 1. The van der Waals surface area contributed by atoms with Crippen molar-refractivity contribution < 1.29 is 19.2 Å². The lowest BCUT2D eigenvalue weighted by Gasteiger charge is -2.39. The van der Waals surface area contributed by atoms with E-state index in [4.69, 9.17) is 0 Å². The van der Waals surface area contributed by atoms with Crippen molar-refractivity contribution in [2.45, 2.75) is 51.4 Å². The zero-order valence-electron chi connectivity index (χ0n) is 19.1. The Bertz CT molecular complexity index is 866. The van der Waals surface area contributed by atoms with Crippen LogP contribution in [0.5, 0.6) is 0 Å². The predicted octanol–water partition coefficient (Wildman–Crippen LogP) is 2.20. The van der Waals surface area contributed by atoms with E-state index < -0.39 is 5.41 Å². The highest BCUT2D eigenvalue weighted by Gasteiger charge is 2.48. The first kappa shape index (κ1) is 22.5. The van der Waals surface area contributed by atoms with Crippen LogP contribution in [0.1, 0.15) is 51.5 Å². The van der Waals surface area contributed by atoms with E-state index in [2.05, 4.69) is 0 Å². The molecule has 3 fully saturated rings. The van der Waals surface area contributed by atoms with E-state index in [9.17, 15) is 19.2 Å². The third-order valence-corrected chi connectivity index (χ3v) is 7.43. The number of hydrogen-bond donors (Lipinski definition) is 0. The molecule has 4 amide bonds. The van der Waals surface area contributed by atoms with Crippen LogP contribution in [0.2, 0.25) is 0 Å². The third kappa shape index (κ3) is 4.17. The summed E-state index contributed by atoms with van der Waals surface area (Å²) in [5, 5.41) is 0. The van der Waals surface area contributed by atoms with Gasteiger partial charge in [0.05, 0.1) is 17.3 Å². The summed E-state index contributed by atoms with van der Waals surface area (Å²) in [6, 6.07) is 9.74. The molecule has 4 rings (SSSR count). The van der Waals surface area contributed by atoms with Crippen LogP contribution < -0.4 is 0 Å². The molecule has 0 spiro atoms. The van der Waals surface area contributed by atoms with Crippen molar-refractivity contribution in [3.63, 3.8) is 0 Å². The largest absolute Gasteiger partial charge is 0.339 e. The highest BCUT2D eigenvalue weighted by Crippen LogP contribution is 2.38. The summed E-state index contributed by atoms with van der Waals surface area (Å²) in [5.74, 6) is -0.526. The van der Waals surface area contributed by atoms with Crippen molar-refractivity contribution >= 4 is 23.6 Å². The number of fused-ring (bicyclic) bond motifs is 1. The highest BCUT2D eigenvalue weighted by molar-refractivity contribution is 6.05. The second kappa shape index (κ2) is 9.04. The Morgan fingerprint density at radius 3 is 1.97 bits per heavy atom. The summed E-state index contributed by atoms with van der Waals surface area (Å²) >= 11 is 0. The first-order valence-electron chi connectivity index (χ1n) is 11.8. The Balaban J connectivity index is 1.28. The van der Waals surface area contributed by atoms with E-state index in [-0.39, 0.29) is 48.4 Å². The van der Waals surface area contributed by atoms with E-state index >= 15 is 0 Å². The van der Waals surface area contributed by atoms with Crippen molar-refractivity contribution in [1.82, 2.24) is 14.7 Å². The van der Waals surface area contributed by atoms with Gasteiger partial charge in [0, 0.05) is 39.1 Å². The molecule has 0 N–H and O–H groups in total. The van der Waals surface area contributed by atoms with E-state index in [0.717, 1.165) is 31.2 Å². The first-order chi connectivity index (χ1) is 15.3. The molecule has 2 aliphatic heterocycles. The topological polar surface area (TPSA) is 78.0 Å². The van der Waals surface area contributed by atoms with Crippen molar-refractivity contribution in [3.05, 3.63) is 35.9 Å². The lowest BCUT2D eigenvalue weighted by molar-refractivity contribution is -0.144. The van der Waals surface area contributed by atoms with Gasteiger partial charge in [0.15, 0.2) is 0 Å². The Morgan fingerprint density at radius 1 is 0.875 bits per heavy atom. The van der Waals surface area contributed by atoms with Crippen LogP contribution >= 0.6 is 0 Å². The summed E-state index contributed by atoms with van der Waals surface area (Å²) in [6.07, 6.45) is 3.72. The minimum Gasteiger partial charge on any atom is -0.339 e. The number of carbonyl (C=O) groups is 4. The molecule has 2 heterocycles. The van der Waals surface area contributed by atoms with Gasteiger partial charge in [-0.3, -0.25) is 24.1 Å². The summed E-state index contributed by atoms with van der Waals surface area (Å²) in [6.45, 7) is 5.97. The van der Waals surface area contributed by atoms with Crippen molar-refractivity contribution in [3.8, 4) is 0 Å². The maximum absolute atomic E-state index is 13.1. The Hall–Kier alpha value is -2.70. The zero-order valence-corrected chi connectivity index (χ0v) is 19.1. The normalized spacial score (nSPS) is 24.0. The number of carbonyl (C=O) groups excluding carboxylic acids is 4. The van der Waals surface area contributed by atoms with Gasteiger partial charge in [-0.1, -0.05) is 43.2 Å². The van der Waals surface area contributed by atoms with Crippen molar-refractivity contribution in [2.75, 3.05) is 32.7 Å². The molecule has 2 unspecified atom stereocenters. The molecule has 32 heavy (non-hydrogen) atoms. The fourth-order valence-corrected chi connectivity index (χ4v) is 5.35. The summed E-state index contributed by atoms with van der Waals surface area (Å²) in [7, 11) is 0. The molecule has 7 heteroatoms. The minimum atomic E-state index is -0.624. The molecule has 2 saturated heterocycles. The van der Waals surface area contributed by atoms with E-state index in [0.29, 0.717) is 26.2 Å². The molecule has 1 saturated carbocycles. The highest BCUT2D eigenvalue weighted by atomic mass is 16.2. The lowest BCUT2D eigenvalue weighted by Crippen LogP contribution is -2.54. The molecule has 1 aromatic carbocycles. The van der Waals surface area contributed by atoms with Gasteiger partial charge in [-0.15, -0.1) is 0 Å². The number of likely N-dealkylation sites (tertiary alicyclic amines) is 1. The first-order valence-corrected chi connectivity index (χ1v) is 11.8. The number of benzene rings is 1. The third-order valence-electron chi connectivity index (χ3n) is 7.43. The van der Waals surface area contributed by atoms with Gasteiger partial charge in [0.2, 0.25) is 23.6 Å². The summed E-state index contributed by atoms with van der Waals surface area (Å²) < 4.78 is 0. The Morgan fingerprint density at radius 2 is 1.41 bits per heavy atom. The van der Waals surface area contributed by atoms with E-state index in [1.807, 2.05) is 49.1 Å². The van der Waals surface area contributed by atoms with E-state index in [1.165, 1.54) is 4.90 Å².